The molecule has 2 unspecified atom stereocenters. The number of nitrogens with one attached hydrogen (secondary N) is 1. The molecule has 4 nitrogen and oxygen atoms in total. The highest BCUT2D eigenvalue weighted by atomic mass is 16.5. The first-order valence-corrected chi connectivity index (χ1v) is 7.73. The van der Waals surface area contributed by atoms with Gasteiger partial charge in [-0.3, -0.25) is 10.1 Å². The van der Waals surface area contributed by atoms with Crippen LogP contribution in [-0.4, -0.2) is 48.7 Å². The highest BCUT2D eigenvalue weighted by Crippen LogP contribution is 2.38. The fourth-order valence-corrected chi connectivity index (χ4v) is 3.56. The van der Waals surface area contributed by atoms with Gasteiger partial charge in [0.05, 0.1) is 7.11 Å². The van der Waals surface area contributed by atoms with Crippen LogP contribution < -0.4 is 5.32 Å². The number of methoxy groups -OCH3 is 1. The Hall–Kier alpha value is -0.610. The van der Waals surface area contributed by atoms with E-state index in [1.54, 1.807) is 0 Å². The molecule has 2 atom stereocenters. The molecule has 3 rings (SSSR count). The number of hydrogen-bond donors (Lipinski definition) is 1. The van der Waals surface area contributed by atoms with Crippen LogP contribution in [-0.2, 0) is 9.53 Å². The first kappa shape index (κ1) is 13.4. The number of carbonyl (C=O) groups is 1. The second-order valence-corrected chi connectivity index (χ2v) is 6.64. The van der Waals surface area contributed by atoms with E-state index < -0.39 is 5.54 Å². The van der Waals surface area contributed by atoms with E-state index in [4.69, 9.17) is 4.74 Å². The SMILES string of the molecule is COC(=O)C1(NC2CC2)CCCC(N(C)C2CC2)C1. The second kappa shape index (κ2) is 5.06. The van der Waals surface area contributed by atoms with Gasteiger partial charge in [-0.15, -0.1) is 0 Å². The van der Waals surface area contributed by atoms with Crippen molar-refractivity contribution in [2.24, 2.45) is 0 Å². The summed E-state index contributed by atoms with van der Waals surface area (Å²) in [5.74, 6) is -0.0479. The maximum atomic E-state index is 12.3. The maximum Gasteiger partial charge on any atom is 0.326 e. The minimum Gasteiger partial charge on any atom is -0.468 e. The van der Waals surface area contributed by atoms with Crippen LogP contribution in [0, 0.1) is 0 Å². The Labute approximate surface area is 115 Å². The van der Waals surface area contributed by atoms with Crippen molar-refractivity contribution in [3.05, 3.63) is 0 Å². The van der Waals surface area contributed by atoms with Crippen molar-refractivity contribution in [2.75, 3.05) is 14.2 Å². The van der Waals surface area contributed by atoms with E-state index in [9.17, 15) is 4.79 Å². The molecule has 0 aromatic carbocycles. The molecule has 1 N–H and O–H groups in total. The van der Waals surface area contributed by atoms with Crippen molar-refractivity contribution in [3.63, 3.8) is 0 Å². The molecule has 3 aliphatic carbocycles. The van der Waals surface area contributed by atoms with Gasteiger partial charge in [0.25, 0.3) is 0 Å². The van der Waals surface area contributed by atoms with Crippen LogP contribution in [0.25, 0.3) is 0 Å². The lowest BCUT2D eigenvalue weighted by Crippen LogP contribution is -2.59. The molecule has 3 fully saturated rings. The molecule has 0 radical (unpaired) electrons. The first-order valence-electron chi connectivity index (χ1n) is 7.73. The van der Waals surface area contributed by atoms with Crippen molar-refractivity contribution in [1.29, 1.82) is 0 Å². The quantitative estimate of drug-likeness (QED) is 0.769. The molecule has 0 aliphatic heterocycles. The molecular weight excluding hydrogens is 240 g/mol. The summed E-state index contributed by atoms with van der Waals surface area (Å²) in [5.41, 5.74) is -0.415. The van der Waals surface area contributed by atoms with Crippen LogP contribution in [0.2, 0.25) is 0 Å². The second-order valence-electron chi connectivity index (χ2n) is 6.64. The lowest BCUT2D eigenvalue weighted by Gasteiger charge is -2.42. The zero-order chi connectivity index (χ0) is 13.5. The number of nitrogens with zero attached hydrogens (tertiary/aromatic N) is 1. The third kappa shape index (κ3) is 2.79. The van der Waals surface area contributed by atoms with E-state index in [0.29, 0.717) is 12.1 Å². The molecule has 3 saturated carbocycles. The number of carbonyl (C=O) groups excluding carboxylic acids is 1. The Kier molecular flexibility index (Phi) is 3.56. The number of ether oxygens (including phenoxy) is 1. The van der Waals surface area contributed by atoms with Crippen LogP contribution in [0.15, 0.2) is 0 Å². The summed E-state index contributed by atoms with van der Waals surface area (Å²) >= 11 is 0. The zero-order valence-electron chi connectivity index (χ0n) is 12.2. The van der Waals surface area contributed by atoms with Gasteiger partial charge in [0, 0.05) is 18.1 Å². The molecule has 0 saturated heterocycles. The Morgan fingerprint density at radius 1 is 1.21 bits per heavy atom. The van der Waals surface area contributed by atoms with Crippen molar-refractivity contribution >= 4 is 5.97 Å². The van der Waals surface area contributed by atoms with Crippen molar-refractivity contribution in [3.8, 4) is 0 Å². The van der Waals surface area contributed by atoms with E-state index in [-0.39, 0.29) is 5.97 Å². The molecule has 0 heterocycles. The molecule has 0 aromatic heterocycles. The minimum absolute atomic E-state index is 0.0479. The van der Waals surface area contributed by atoms with Gasteiger partial charge >= 0.3 is 5.97 Å². The summed E-state index contributed by atoms with van der Waals surface area (Å²) in [5, 5.41) is 3.60. The summed E-state index contributed by atoms with van der Waals surface area (Å²) < 4.78 is 5.11. The Morgan fingerprint density at radius 3 is 2.53 bits per heavy atom. The Bertz CT molecular complexity index is 352. The van der Waals surface area contributed by atoms with Crippen molar-refractivity contribution in [1.82, 2.24) is 10.2 Å². The van der Waals surface area contributed by atoms with Gasteiger partial charge in [0.2, 0.25) is 0 Å². The maximum absolute atomic E-state index is 12.3. The van der Waals surface area contributed by atoms with Crippen LogP contribution in [0.4, 0.5) is 0 Å². The van der Waals surface area contributed by atoms with Crippen molar-refractivity contribution < 1.29 is 9.53 Å². The standard InChI is InChI=1S/C15H26N2O2/c1-17(12-7-8-12)13-4-3-9-15(10-13,14(18)19-2)16-11-5-6-11/h11-13,16H,3-10H2,1-2H3. The topological polar surface area (TPSA) is 41.6 Å². The summed E-state index contributed by atoms with van der Waals surface area (Å²) in [6.07, 6.45) is 9.27. The third-order valence-corrected chi connectivity index (χ3v) is 5.06. The average Bonchev–Trinajstić information content (AvgIpc) is 3.29. The van der Waals surface area contributed by atoms with Crippen LogP contribution in [0.5, 0.6) is 0 Å². The van der Waals surface area contributed by atoms with E-state index >= 15 is 0 Å². The highest BCUT2D eigenvalue weighted by Gasteiger charge is 2.48. The van der Waals surface area contributed by atoms with E-state index in [1.165, 1.54) is 39.2 Å². The predicted molar refractivity (Wildman–Crippen MR) is 73.9 cm³/mol. The first-order chi connectivity index (χ1) is 9.14. The smallest absolute Gasteiger partial charge is 0.326 e. The average molecular weight is 266 g/mol. The minimum atomic E-state index is -0.415. The third-order valence-electron chi connectivity index (χ3n) is 5.06. The predicted octanol–water partition coefficient (Wildman–Crippen LogP) is 1.69. The molecule has 0 spiro atoms. The summed E-state index contributed by atoms with van der Waals surface area (Å²) in [4.78, 5) is 14.8. The molecule has 0 aromatic rings. The molecule has 0 bridgehead atoms. The van der Waals surface area contributed by atoms with Gasteiger partial charge in [0.15, 0.2) is 0 Å². The largest absolute Gasteiger partial charge is 0.468 e. The molecular formula is C15H26N2O2. The lowest BCUT2D eigenvalue weighted by molar-refractivity contribution is -0.151. The van der Waals surface area contributed by atoms with E-state index in [2.05, 4.69) is 17.3 Å². The number of rotatable bonds is 5. The molecule has 4 heteroatoms. The fourth-order valence-electron chi connectivity index (χ4n) is 3.56. The number of hydrogen-bond acceptors (Lipinski definition) is 4. The van der Waals surface area contributed by atoms with Gasteiger partial charge in [-0.25, -0.2) is 0 Å². The van der Waals surface area contributed by atoms with Crippen molar-refractivity contribution in [2.45, 2.75) is 75.0 Å². The molecule has 19 heavy (non-hydrogen) atoms. The number of esters is 1. The van der Waals surface area contributed by atoms with Gasteiger partial charge in [-0.2, -0.15) is 0 Å². The summed E-state index contributed by atoms with van der Waals surface area (Å²) in [6.45, 7) is 0. The molecule has 3 aliphatic rings. The summed E-state index contributed by atoms with van der Waals surface area (Å²) in [7, 11) is 3.75. The molecule has 0 amide bonds. The Balaban J connectivity index is 1.71. The normalized spacial score (nSPS) is 35.4. The summed E-state index contributed by atoms with van der Waals surface area (Å²) in [6, 6.07) is 1.84. The van der Waals surface area contributed by atoms with Crippen LogP contribution >= 0.6 is 0 Å². The van der Waals surface area contributed by atoms with Crippen LogP contribution in [0.1, 0.15) is 51.4 Å². The van der Waals surface area contributed by atoms with Gasteiger partial charge in [-0.1, -0.05) is 0 Å². The van der Waals surface area contributed by atoms with Gasteiger partial charge in [0.1, 0.15) is 5.54 Å². The zero-order valence-corrected chi connectivity index (χ0v) is 12.2. The van der Waals surface area contributed by atoms with E-state index in [0.717, 1.165) is 25.3 Å². The van der Waals surface area contributed by atoms with Crippen LogP contribution in [0.3, 0.4) is 0 Å². The Morgan fingerprint density at radius 2 is 1.95 bits per heavy atom. The molecule has 108 valence electrons. The highest BCUT2D eigenvalue weighted by molar-refractivity contribution is 5.81. The van der Waals surface area contributed by atoms with Gasteiger partial charge in [-0.05, 0) is 58.4 Å². The van der Waals surface area contributed by atoms with Gasteiger partial charge < -0.3 is 9.64 Å². The lowest BCUT2D eigenvalue weighted by atomic mass is 9.78. The monoisotopic (exact) mass is 266 g/mol. The fraction of sp³-hybridized carbons (Fsp3) is 0.933. The van der Waals surface area contributed by atoms with E-state index in [1.807, 2.05) is 0 Å².